The largest absolute Gasteiger partial charge is 0.382 e. The Hall–Kier alpha value is -0.120. The molecule has 0 bridgehead atoms. The van der Waals surface area contributed by atoms with Crippen molar-refractivity contribution in [1.29, 1.82) is 0 Å². The van der Waals surface area contributed by atoms with Gasteiger partial charge in [-0.15, -0.1) is 0 Å². The van der Waals surface area contributed by atoms with Gasteiger partial charge in [0.2, 0.25) is 0 Å². The van der Waals surface area contributed by atoms with Crippen LogP contribution < -0.4 is 5.32 Å². The molecule has 0 aliphatic carbocycles. The molecule has 1 saturated heterocycles. The van der Waals surface area contributed by atoms with Crippen molar-refractivity contribution in [2.24, 2.45) is 5.92 Å². The van der Waals surface area contributed by atoms with E-state index in [-0.39, 0.29) is 0 Å². The summed E-state index contributed by atoms with van der Waals surface area (Å²) < 4.78 is 5.48. The van der Waals surface area contributed by atoms with Gasteiger partial charge in [0.1, 0.15) is 0 Å². The highest BCUT2D eigenvalue weighted by Crippen LogP contribution is 2.24. The number of ether oxygens (including phenoxy) is 1. The molecule has 0 aromatic heterocycles. The molecular weight excluding hydrogens is 236 g/mol. The monoisotopic (exact) mass is 270 g/mol. The summed E-state index contributed by atoms with van der Waals surface area (Å²) in [5.41, 5.74) is 0.319. The molecule has 2 unspecified atom stereocenters. The number of hydrogen-bond donors (Lipinski definition) is 1. The molecule has 0 amide bonds. The van der Waals surface area contributed by atoms with Crippen LogP contribution in [0, 0.1) is 5.92 Å². The summed E-state index contributed by atoms with van der Waals surface area (Å²) in [6.07, 6.45) is 3.64. The maximum atomic E-state index is 5.48. The third-order valence-corrected chi connectivity index (χ3v) is 4.41. The van der Waals surface area contributed by atoms with Gasteiger partial charge in [0.05, 0.1) is 0 Å². The topological polar surface area (TPSA) is 24.5 Å². The van der Waals surface area contributed by atoms with Gasteiger partial charge in [-0.25, -0.2) is 0 Å². The minimum absolute atomic E-state index is 0.319. The number of rotatable bonds is 8. The van der Waals surface area contributed by atoms with Gasteiger partial charge in [0.25, 0.3) is 0 Å². The fourth-order valence-electron chi connectivity index (χ4n) is 2.97. The molecule has 0 aromatic carbocycles. The van der Waals surface area contributed by atoms with Gasteiger partial charge >= 0.3 is 0 Å². The number of nitrogens with zero attached hydrogens (tertiary/aromatic N) is 1. The van der Waals surface area contributed by atoms with Gasteiger partial charge in [0, 0.05) is 44.4 Å². The first-order valence-electron chi connectivity index (χ1n) is 8.08. The Morgan fingerprint density at radius 2 is 2.11 bits per heavy atom. The van der Waals surface area contributed by atoms with Crippen LogP contribution in [0.3, 0.4) is 0 Å². The molecular formula is C16H34N2O. The zero-order chi connectivity index (χ0) is 14.3. The fourth-order valence-corrected chi connectivity index (χ4v) is 2.97. The molecule has 1 heterocycles. The van der Waals surface area contributed by atoms with Crippen LogP contribution in [-0.4, -0.2) is 49.3 Å². The molecule has 1 N–H and O–H groups in total. The third kappa shape index (κ3) is 5.41. The number of hydrogen-bond acceptors (Lipinski definition) is 3. The normalized spacial score (nSPS) is 29.1. The maximum absolute atomic E-state index is 5.48. The zero-order valence-electron chi connectivity index (χ0n) is 13.7. The molecule has 3 heteroatoms. The average Bonchev–Trinajstić information content (AvgIpc) is 2.37. The van der Waals surface area contributed by atoms with Crippen LogP contribution in [0.15, 0.2) is 0 Å². The zero-order valence-corrected chi connectivity index (χ0v) is 13.7. The third-order valence-electron chi connectivity index (χ3n) is 4.41. The molecule has 0 aromatic rings. The highest BCUT2D eigenvalue weighted by molar-refractivity contribution is 4.95. The van der Waals surface area contributed by atoms with Crippen LogP contribution in [0.5, 0.6) is 0 Å². The summed E-state index contributed by atoms with van der Waals surface area (Å²) in [5.74, 6) is 0.772. The Morgan fingerprint density at radius 1 is 1.37 bits per heavy atom. The Balaban J connectivity index is 2.48. The van der Waals surface area contributed by atoms with E-state index in [9.17, 15) is 0 Å². The van der Waals surface area contributed by atoms with Gasteiger partial charge in [-0.1, -0.05) is 20.8 Å². The van der Waals surface area contributed by atoms with E-state index in [4.69, 9.17) is 4.74 Å². The van der Waals surface area contributed by atoms with E-state index in [2.05, 4.69) is 44.8 Å². The Labute approximate surface area is 120 Å². The Morgan fingerprint density at radius 3 is 2.68 bits per heavy atom. The quantitative estimate of drug-likeness (QED) is 0.686. The number of nitrogens with one attached hydrogen (secondary N) is 1. The van der Waals surface area contributed by atoms with E-state index in [1.165, 1.54) is 25.9 Å². The highest BCUT2D eigenvalue weighted by atomic mass is 16.5. The summed E-state index contributed by atoms with van der Waals surface area (Å²) in [6.45, 7) is 16.6. The molecule has 2 atom stereocenters. The summed E-state index contributed by atoms with van der Waals surface area (Å²) >= 11 is 0. The molecule has 0 spiro atoms. The lowest BCUT2D eigenvalue weighted by atomic mass is 9.90. The van der Waals surface area contributed by atoms with Gasteiger partial charge in [-0.05, 0) is 39.0 Å². The minimum Gasteiger partial charge on any atom is -0.382 e. The minimum atomic E-state index is 0.319. The van der Waals surface area contributed by atoms with Crippen LogP contribution in [0.4, 0.5) is 0 Å². The molecule has 1 aliphatic rings. The van der Waals surface area contributed by atoms with Crippen LogP contribution in [-0.2, 0) is 4.74 Å². The van der Waals surface area contributed by atoms with Crippen molar-refractivity contribution in [3.63, 3.8) is 0 Å². The lowest BCUT2D eigenvalue weighted by molar-refractivity contribution is 0.0340. The van der Waals surface area contributed by atoms with E-state index < -0.39 is 0 Å². The van der Waals surface area contributed by atoms with Crippen LogP contribution >= 0.6 is 0 Å². The van der Waals surface area contributed by atoms with E-state index in [0.29, 0.717) is 11.6 Å². The fraction of sp³-hybridized carbons (Fsp3) is 1.00. The summed E-state index contributed by atoms with van der Waals surface area (Å²) in [6, 6.07) is 0.659. The van der Waals surface area contributed by atoms with Crippen LogP contribution in [0.25, 0.3) is 0 Å². The first kappa shape index (κ1) is 16.9. The molecule has 1 aliphatic heterocycles. The second-order valence-corrected chi connectivity index (χ2v) is 6.55. The van der Waals surface area contributed by atoms with E-state index >= 15 is 0 Å². The molecule has 19 heavy (non-hydrogen) atoms. The van der Waals surface area contributed by atoms with E-state index in [0.717, 1.165) is 32.1 Å². The summed E-state index contributed by atoms with van der Waals surface area (Å²) in [5, 5.41) is 3.75. The van der Waals surface area contributed by atoms with E-state index in [1.54, 1.807) is 0 Å². The predicted molar refractivity (Wildman–Crippen MR) is 82.6 cm³/mol. The lowest BCUT2D eigenvalue weighted by Gasteiger charge is -2.48. The van der Waals surface area contributed by atoms with Crippen molar-refractivity contribution in [3.8, 4) is 0 Å². The van der Waals surface area contributed by atoms with Gasteiger partial charge in [-0.2, -0.15) is 0 Å². The standard InChI is InChI=1S/C16H34N2O/c1-6-16(5)13-17-15(11-14(3)4)12-18(16)9-8-10-19-7-2/h14-15,17H,6-13H2,1-5H3. The molecule has 0 radical (unpaired) electrons. The first-order chi connectivity index (χ1) is 9.01. The highest BCUT2D eigenvalue weighted by Gasteiger charge is 2.35. The van der Waals surface area contributed by atoms with Crippen molar-refractivity contribution in [2.75, 3.05) is 32.8 Å². The molecule has 1 fully saturated rings. The van der Waals surface area contributed by atoms with Crippen LogP contribution in [0.1, 0.15) is 53.9 Å². The smallest absolute Gasteiger partial charge is 0.0478 e. The summed E-state index contributed by atoms with van der Waals surface area (Å²) in [4.78, 5) is 2.69. The van der Waals surface area contributed by atoms with Gasteiger partial charge in [-0.3, -0.25) is 4.90 Å². The predicted octanol–water partition coefficient (Wildman–Crippen LogP) is 2.90. The summed E-state index contributed by atoms with van der Waals surface area (Å²) in [7, 11) is 0. The van der Waals surface area contributed by atoms with E-state index in [1.807, 2.05) is 0 Å². The molecule has 114 valence electrons. The Kier molecular flexibility index (Phi) is 7.33. The molecule has 1 rings (SSSR count). The first-order valence-corrected chi connectivity index (χ1v) is 8.08. The van der Waals surface area contributed by atoms with Gasteiger partial charge < -0.3 is 10.1 Å². The number of piperazine rings is 1. The average molecular weight is 270 g/mol. The van der Waals surface area contributed by atoms with Crippen molar-refractivity contribution < 1.29 is 4.74 Å². The van der Waals surface area contributed by atoms with Crippen LogP contribution in [0.2, 0.25) is 0 Å². The SMILES string of the molecule is CCOCCCN1CC(CC(C)C)NCC1(C)CC. The van der Waals surface area contributed by atoms with Crippen molar-refractivity contribution >= 4 is 0 Å². The lowest BCUT2D eigenvalue weighted by Crippen LogP contribution is -2.63. The maximum Gasteiger partial charge on any atom is 0.0478 e. The van der Waals surface area contributed by atoms with Crippen molar-refractivity contribution in [3.05, 3.63) is 0 Å². The Bertz CT molecular complexity index is 245. The van der Waals surface area contributed by atoms with Gasteiger partial charge in [0.15, 0.2) is 0 Å². The second-order valence-electron chi connectivity index (χ2n) is 6.55. The second kappa shape index (κ2) is 8.23. The molecule has 0 saturated carbocycles. The van der Waals surface area contributed by atoms with Crippen molar-refractivity contribution in [2.45, 2.75) is 65.5 Å². The van der Waals surface area contributed by atoms with Crippen molar-refractivity contribution in [1.82, 2.24) is 10.2 Å². The molecule has 3 nitrogen and oxygen atoms in total.